The first-order chi connectivity index (χ1) is 40.0. The van der Waals surface area contributed by atoms with E-state index in [1.165, 1.54) is 283 Å². The van der Waals surface area contributed by atoms with Crippen molar-refractivity contribution in [2.75, 3.05) is 13.2 Å². The maximum atomic E-state index is 13.0. The Morgan fingerprint density at radius 3 is 0.691 bits per heavy atom. The van der Waals surface area contributed by atoms with E-state index in [9.17, 15) is 14.4 Å². The molecular weight excluding hydrogens is 997 g/mol. The van der Waals surface area contributed by atoms with Crippen LogP contribution in [0.4, 0.5) is 0 Å². The molecule has 6 heteroatoms. The van der Waals surface area contributed by atoms with E-state index in [4.69, 9.17) is 14.2 Å². The monoisotopic (exact) mass is 1140 g/mol. The topological polar surface area (TPSA) is 78.9 Å². The van der Waals surface area contributed by atoms with Gasteiger partial charge in [-0.2, -0.15) is 0 Å². The molecule has 0 rings (SSSR count). The number of hydrogen-bond acceptors (Lipinski definition) is 6. The summed E-state index contributed by atoms with van der Waals surface area (Å²) in [5.41, 5.74) is 0. The highest BCUT2D eigenvalue weighted by Crippen LogP contribution is 2.18. The predicted molar refractivity (Wildman–Crippen MR) is 353 cm³/mol. The lowest BCUT2D eigenvalue weighted by atomic mass is 10.0. The van der Waals surface area contributed by atoms with Gasteiger partial charge in [-0.05, 0) is 103 Å². The summed E-state index contributed by atoms with van der Waals surface area (Å²) in [4.78, 5) is 38.5. The number of hydrogen-bond donors (Lipinski definition) is 0. The fourth-order valence-electron chi connectivity index (χ4n) is 10.8. The Labute approximate surface area is 505 Å². The van der Waals surface area contributed by atoms with Crippen LogP contribution in [0.25, 0.3) is 0 Å². The smallest absolute Gasteiger partial charge is 0.306 e. The van der Waals surface area contributed by atoms with Gasteiger partial charge in [0.25, 0.3) is 0 Å². The highest BCUT2D eigenvalue weighted by molar-refractivity contribution is 5.71. The van der Waals surface area contributed by atoms with Gasteiger partial charge in [0, 0.05) is 19.3 Å². The van der Waals surface area contributed by atoms with Crippen LogP contribution >= 0.6 is 0 Å². The summed E-state index contributed by atoms with van der Waals surface area (Å²) in [5.74, 6) is -0.857. The number of esters is 3. The van der Waals surface area contributed by atoms with Crippen LogP contribution in [0.3, 0.4) is 0 Å². The minimum atomic E-state index is -0.778. The summed E-state index contributed by atoms with van der Waals surface area (Å²) in [7, 11) is 0. The Hall–Kier alpha value is -2.63. The fraction of sp³-hybridized carbons (Fsp3) is 0.853. The standard InChI is InChI=1S/C75H138O6/c1-4-7-10-13-16-19-22-25-28-30-32-34-36-37-39-40-42-44-47-50-53-56-59-62-65-68-74(77)80-71-72(70-79-73(76)67-64-61-58-55-52-49-46-27-24-21-18-15-12-9-6-3)81-75(78)69-66-63-60-57-54-51-48-45-43-41-38-35-33-31-29-26-23-20-17-14-11-8-5-2/h22,25,27,30-33,46,72H,4-21,23-24,26,28-29,34-45,47-71H2,1-3H3/b25-22-,32-30-,33-31-,46-27-. The van der Waals surface area contributed by atoms with E-state index in [0.29, 0.717) is 19.3 Å². The van der Waals surface area contributed by atoms with Gasteiger partial charge in [0.15, 0.2) is 6.10 Å². The lowest BCUT2D eigenvalue weighted by Gasteiger charge is -2.18. The molecule has 0 N–H and O–H groups in total. The third-order valence-corrected chi connectivity index (χ3v) is 16.3. The molecule has 0 radical (unpaired) electrons. The van der Waals surface area contributed by atoms with E-state index >= 15 is 0 Å². The average Bonchev–Trinajstić information content (AvgIpc) is 3.47. The van der Waals surface area contributed by atoms with E-state index in [0.717, 1.165) is 70.6 Å². The molecule has 0 aliphatic heterocycles. The van der Waals surface area contributed by atoms with Gasteiger partial charge >= 0.3 is 17.9 Å². The maximum Gasteiger partial charge on any atom is 0.306 e. The zero-order valence-electron chi connectivity index (χ0n) is 54.6. The van der Waals surface area contributed by atoms with Crippen molar-refractivity contribution in [1.29, 1.82) is 0 Å². The highest BCUT2D eigenvalue weighted by Gasteiger charge is 2.19. The number of allylic oxidation sites excluding steroid dienone is 8. The first kappa shape index (κ1) is 78.4. The molecule has 0 aromatic carbocycles. The number of carbonyl (C=O) groups excluding carboxylic acids is 3. The average molecular weight is 1140 g/mol. The quantitative estimate of drug-likeness (QED) is 0.0261. The van der Waals surface area contributed by atoms with Crippen molar-refractivity contribution in [3.63, 3.8) is 0 Å². The number of ether oxygens (including phenoxy) is 3. The van der Waals surface area contributed by atoms with E-state index in [2.05, 4.69) is 69.4 Å². The number of unbranched alkanes of at least 4 members (excludes halogenated alkanes) is 48. The zero-order chi connectivity index (χ0) is 58.5. The van der Waals surface area contributed by atoms with Gasteiger partial charge in [0.05, 0.1) is 0 Å². The molecule has 0 amide bonds. The van der Waals surface area contributed by atoms with Crippen molar-refractivity contribution < 1.29 is 28.6 Å². The summed E-state index contributed by atoms with van der Waals surface area (Å²) in [6.07, 6.45) is 88.5. The minimum Gasteiger partial charge on any atom is -0.462 e. The maximum absolute atomic E-state index is 13.0. The van der Waals surface area contributed by atoms with E-state index < -0.39 is 6.10 Å². The second kappa shape index (κ2) is 69.9. The minimum absolute atomic E-state index is 0.0729. The van der Waals surface area contributed by atoms with Crippen molar-refractivity contribution in [2.24, 2.45) is 0 Å². The van der Waals surface area contributed by atoms with Crippen molar-refractivity contribution in [2.45, 2.75) is 399 Å². The summed E-state index contributed by atoms with van der Waals surface area (Å²) in [6, 6.07) is 0. The van der Waals surface area contributed by atoms with Crippen molar-refractivity contribution in [3.05, 3.63) is 48.6 Å². The van der Waals surface area contributed by atoms with Gasteiger partial charge in [-0.1, -0.05) is 320 Å². The van der Waals surface area contributed by atoms with Crippen LogP contribution in [0.5, 0.6) is 0 Å². The van der Waals surface area contributed by atoms with Crippen LogP contribution in [0.1, 0.15) is 393 Å². The number of rotatable bonds is 67. The van der Waals surface area contributed by atoms with Gasteiger partial charge in [0.1, 0.15) is 13.2 Å². The zero-order valence-corrected chi connectivity index (χ0v) is 54.6. The first-order valence-electron chi connectivity index (χ1n) is 36.1. The molecule has 0 aliphatic rings. The molecular formula is C75H138O6. The van der Waals surface area contributed by atoms with Gasteiger partial charge in [0.2, 0.25) is 0 Å². The van der Waals surface area contributed by atoms with Crippen LogP contribution in [-0.4, -0.2) is 37.2 Å². The van der Waals surface area contributed by atoms with Gasteiger partial charge in [-0.15, -0.1) is 0 Å². The summed E-state index contributed by atoms with van der Waals surface area (Å²) in [5, 5.41) is 0. The molecule has 0 saturated carbocycles. The highest BCUT2D eigenvalue weighted by atomic mass is 16.6. The Morgan fingerprint density at radius 1 is 0.247 bits per heavy atom. The van der Waals surface area contributed by atoms with Gasteiger partial charge in [-0.3, -0.25) is 14.4 Å². The van der Waals surface area contributed by atoms with Gasteiger partial charge < -0.3 is 14.2 Å². The van der Waals surface area contributed by atoms with E-state index in [1.807, 2.05) is 0 Å². The van der Waals surface area contributed by atoms with Gasteiger partial charge in [-0.25, -0.2) is 0 Å². The number of carbonyl (C=O) groups is 3. The second-order valence-electron chi connectivity index (χ2n) is 24.5. The molecule has 1 atom stereocenters. The first-order valence-corrected chi connectivity index (χ1v) is 36.1. The molecule has 6 nitrogen and oxygen atoms in total. The third kappa shape index (κ3) is 68.0. The Morgan fingerprint density at radius 2 is 0.444 bits per heavy atom. The molecule has 81 heavy (non-hydrogen) atoms. The van der Waals surface area contributed by atoms with Crippen LogP contribution in [0.15, 0.2) is 48.6 Å². The molecule has 0 saturated heterocycles. The molecule has 0 fully saturated rings. The molecule has 0 aromatic heterocycles. The third-order valence-electron chi connectivity index (χ3n) is 16.3. The van der Waals surface area contributed by atoms with Crippen molar-refractivity contribution in [1.82, 2.24) is 0 Å². The van der Waals surface area contributed by atoms with Crippen LogP contribution in [0, 0.1) is 0 Å². The Bertz CT molecular complexity index is 1400. The summed E-state index contributed by atoms with van der Waals surface area (Å²) >= 11 is 0. The SMILES string of the molecule is CCCCCCC/C=C\C/C=C\CCCCCCCCCCCCCCCC(=O)OCC(COC(=O)CCCCCCC/C=C\CCCCCCCC)OC(=O)CCCCCCCCCCCCC/C=C\CCCCCCCCCC. The van der Waals surface area contributed by atoms with Crippen LogP contribution < -0.4 is 0 Å². The summed E-state index contributed by atoms with van der Waals surface area (Å²) < 4.78 is 17.0. The van der Waals surface area contributed by atoms with E-state index in [1.54, 1.807) is 0 Å². The lowest BCUT2D eigenvalue weighted by Crippen LogP contribution is -2.30. The summed E-state index contributed by atoms with van der Waals surface area (Å²) in [6.45, 7) is 6.68. The largest absolute Gasteiger partial charge is 0.462 e. The molecule has 0 aromatic rings. The normalized spacial score (nSPS) is 12.3. The predicted octanol–water partition coefficient (Wildman–Crippen LogP) is 24.9. The Balaban J connectivity index is 4.28. The molecule has 474 valence electrons. The Kier molecular flexibility index (Phi) is 67.6. The molecule has 0 heterocycles. The fourth-order valence-corrected chi connectivity index (χ4v) is 10.8. The van der Waals surface area contributed by atoms with E-state index in [-0.39, 0.29) is 31.1 Å². The van der Waals surface area contributed by atoms with Crippen molar-refractivity contribution in [3.8, 4) is 0 Å². The second-order valence-corrected chi connectivity index (χ2v) is 24.5. The molecule has 0 spiro atoms. The van der Waals surface area contributed by atoms with Crippen molar-refractivity contribution >= 4 is 17.9 Å². The molecule has 0 bridgehead atoms. The molecule has 1 unspecified atom stereocenters. The lowest BCUT2D eigenvalue weighted by molar-refractivity contribution is -0.167. The van der Waals surface area contributed by atoms with Crippen LogP contribution in [-0.2, 0) is 28.6 Å². The molecule has 0 aliphatic carbocycles. The van der Waals surface area contributed by atoms with Crippen LogP contribution in [0.2, 0.25) is 0 Å².